The highest BCUT2D eigenvalue weighted by Gasteiger charge is 2.33. The van der Waals surface area contributed by atoms with Crippen LogP contribution in [-0.2, 0) is 0 Å². The maximum absolute atomic E-state index is 9.88. The van der Waals surface area contributed by atoms with Crippen LogP contribution in [0.25, 0.3) is 0 Å². The largest absolute Gasteiger partial charge is 0.388 e. The minimum atomic E-state index is -0.463. The number of aromatic nitrogens is 1. The Labute approximate surface area is 84.2 Å². The summed E-state index contributed by atoms with van der Waals surface area (Å²) in [7, 11) is 0. The third-order valence-electron chi connectivity index (χ3n) is 2.91. The summed E-state index contributed by atoms with van der Waals surface area (Å²) < 4.78 is 0. The molecular weight excluding hydrogens is 176 g/mol. The molecule has 0 aromatic carbocycles. The van der Waals surface area contributed by atoms with Gasteiger partial charge in [-0.2, -0.15) is 0 Å². The van der Waals surface area contributed by atoms with Crippen LogP contribution in [0.4, 0.5) is 5.69 Å². The first kappa shape index (κ1) is 9.46. The molecule has 1 aromatic rings. The van der Waals surface area contributed by atoms with E-state index in [1.54, 1.807) is 6.20 Å². The van der Waals surface area contributed by atoms with Crippen molar-refractivity contribution in [1.29, 1.82) is 0 Å². The minimum absolute atomic E-state index is 0.463. The van der Waals surface area contributed by atoms with Crippen molar-refractivity contribution >= 4 is 5.69 Å². The average Bonchev–Trinajstić information content (AvgIpc) is 2.14. The summed E-state index contributed by atoms with van der Waals surface area (Å²) in [6.45, 7) is 2.66. The van der Waals surface area contributed by atoms with Gasteiger partial charge in [-0.25, -0.2) is 0 Å². The van der Waals surface area contributed by atoms with Crippen LogP contribution in [-0.4, -0.2) is 22.2 Å². The Morgan fingerprint density at radius 3 is 2.93 bits per heavy atom. The van der Waals surface area contributed by atoms with Crippen molar-refractivity contribution < 1.29 is 5.11 Å². The van der Waals surface area contributed by atoms with Gasteiger partial charge >= 0.3 is 0 Å². The van der Waals surface area contributed by atoms with Crippen LogP contribution < -0.4 is 5.32 Å². The fraction of sp³-hybridized carbons (Fsp3) is 0.545. The van der Waals surface area contributed by atoms with Crippen molar-refractivity contribution in [1.82, 2.24) is 4.98 Å². The van der Waals surface area contributed by atoms with Crippen LogP contribution in [0.2, 0.25) is 0 Å². The molecule has 1 fully saturated rings. The summed E-state index contributed by atoms with van der Waals surface area (Å²) >= 11 is 0. The monoisotopic (exact) mass is 192 g/mol. The highest BCUT2D eigenvalue weighted by Crippen LogP contribution is 2.31. The number of anilines is 1. The van der Waals surface area contributed by atoms with E-state index in [9.17, 15) is 5.11 Å². The normalized spacial score (nSPS) is 18.7. The Morgan fingerprint density at radius 2 is 2.36 bits per heavy atom. The molecule has 76 valence electrons. The van der Waals surface area contributed by atoms with Gasteiger partial charge in [0.05, 0.1) is 5.60 Å². The first-order chi connectivity index (χ1) is 6.70. The van der Waals surface area contributed by atoms with Gasteiger partial charge in [0.15, 0.2) is 0 Å². The molecule has 0 radical (unpaired) electrons. The molecule has 1 aliphatic rings. The lowest BCUT2D eigenvalue weighted by molar-refractivity contribution is -0.0202. The lowest BCUT2D eigenvalue weighted by atomic mass is 9.80. The first-order valence-electron chi connectivity index (χ1n) is 5.06. The molecule has 3 nitrogen and oxygen atoms in total. The third-order valence-corrected chi connectivity index (χ3v) is 2.91. The number of hydrogen-bond donors (Lipinski definition) is 2. The van der Waals surface area contributed by atoms with E-state index in [2.05, 4.69) is 10.3 Å². The summed E-state index contributed by atoms with van der Waals surface area (Å²) in [6.07, 6.45) is 6.58. The van der Waals surface area contributed by atoms with Gasteiger partial charge < -0.3 is 10.4 Å². The van der Waals surface area contributed by atoms with E-state index in [1.165, 1.54) is 0 Å². The van der Waals surface area contributed by atoms with Crippen molar-refractivity contribution in [3.8, 4) is 0 Å². The number of aryl methyl sites for hydroxylation is 1. The number of pyridine rings is 1. The molecule has 1 heterocycles. The maximum atomic E-state index is 9.88. The zero-order chi connectivity index (χ0) is 10.0. The molecule has 2 N–H and O–H groups in total. The topological polar surface area (TPSA) is 45.2 Å². The van der Waals surface area contributed by atoms with E-state index in [4.69, 9.17) is 0 Å². The van der Waals surface area contributed by atoms with Crippen molar-refractivity contribution in [3.63, 3.8) is 0 Å². The zero-order valence-electron chi connectivity index (χ0n) is 8.45. The summed E-state index contributed by atoms with van der Waals surface area (Å²) in [5.41, 5.74) is 1.73. The van der Waals surface area contributed by atoms with Gasteiger partial charge in [0.25, 0.3) is 0 Å². The smallest absolute Gasteiger partial charge is 0.0819 e. The highest BCUT2D eigenvalue weighted by molar-refractivity contribution is 5.48. The van der Waals surface area contributed by atoms with E-state index in [0.29, 0.717) is 6.54 Å². The Morgan fingerprint density at radius 1 is 1.57 bits per heavy atom. The molecule has 0 bridgehead atoms. The van der Waals surface area contributed by atoms with E-state index in [-0.39, 0.29) is 0 Å². The molecule has 0 atom stereocenters. The van der Waals surface area contributed by atoms with Crippen molar-refractivity contribution in [2.24, 2.45) is 0 Å². The Balaban J connectivity index is 1.95. The minimum Gasteiger partial charge on any atom is -0.388 e. The summed E-state index contributed by atoms with van der Waals surface area (Å²) in [6, 6.07) is 1.94. The Kier molecular flexibility index (Phi) is 2.42. The predicted molar refractivity (Wildman–Crippen MR) is 56.3 cm³/mol. The predicted octanol–water partition coefficient (Wildman–Crippen LogP) is 1.72. The number of nitrogens with zero attached hydrogens (tertiary/aromatic N) is 1. The van der Waals surface area contributed by atoms with Crippen molar-refractivity contribution in [2.45, 2.75) is 31.8 Å². The van der Waals surface area contributed by atoms with Crippen LogP contribution in [0, 0.1) is 6.92 Å². The number of hydrogen-bond acceptors (Lipinski definition) is 3. The highest BCUT2D eigenvalue weighted by atomic mass is 16.3. The maximum Gasteiger partial charge on any atom is 0.0819 e. The molecular formula is C11H16N2O. The number of rotatable bonds is 3. The Hall–Kier alpha value is -1.09. The van der Waals surface area contributed by atoms with E-state index >= 15 is 0 Å². The SMILES string of the molecule is Cc1cnccc1NCC1(O)CCC1. The van der Waals surface area contributed by atoms with Crippen molar-refractivity contribution in [2.75, 3.05) is 11.9 Å². The number of nitrogens with one attached hydrogen (secondary N) is 1. The summed E-state index contributed by atoms with van der Waals surface area (Å²) in [5.74, 6) is 0. The van der Waals surface area contributed by atoms with E-state index in [1.807, 2.05) is 19.2 Å². The van der Waals surface area contributed by atoms with Crippen LogP contribution in [0.15, 0.2) is 18.5 Å². The molecule has 2 rings (SSSR count). The molecule has 1 aliphatic carbocycles. The van der Waals surface area contributed by atoms with Crippen LogP contribution in [0.5, 0.6) is 0 Å². The van der Waals surface area contributed by atoms with Gasteiger partial charge in [-0.15, -0.1) is 0 Å². The molecule has 0 saturated heterocycles. The van der Waals surface area contributed by atoms with Crippen LogP contribution in [0.1, 0.15) is 24.8 Å². The Bertz CT molecular complexity index is 321. The third kappa shape index (κ3) is 1.87. The second-order valence-corrected chi connectivity index (χ2v) is 4.12. The number of aliphatic hydroxyl groups is 1. The van der Waals surface area contributed by atoms with Gasteiger partial charge in [-0.3, -0.25) is 4.98 Å². The van der Waals surface area contributed by atoms with Crippen molar-refractivity contribution in [3.05, 3.63) is 24.0 Å². The van der Waals surface area contributed by atoms with Gasteiger partial charge in [-0.05, 0) is 37.8 Å². The van der Waals surface area contributed by atoms with Gasteiger partial charge in [0, 0.05) is 24.6 Å². The van der Waals surface area contributed by atoms with E-state index < -0.39 is 5.60 Å². The van der Waals surface area contributed by atoms with Gasteiger partial charge in [0.1, 0.15) is 0 Å². The van der Waals surface area contributed by atoms with Gasteiger partial charge in [-0.1, -0.05) is 0 Å². The summed E-state index contributed by atoms with van der Waals surface area (Å²) in [4.78, 5) is 4.02. The first-order valence-corrected chi connectivity index (χ1v) is 5.06. The molecule has 0 amide bonds. The lowest BCUT2D eigenvalue weighted by Crippen LogP contribution is -2.43. The van der Waals surface area contributed by atoms with Crippen LogP contribution in [0.3, 0.4) is 0 Å². The summed E-state index contributed by atoms with van der Waals surface area (Å²) in [5, 5.41) is 13.1. The van der Waals surface area contributed by atoms with E-state index in [0.717, 1.165) is 30.5 Å². The average molecular weight is 192 g/mol. The van der Waals surface area contributed by atoms with Gasteiger partial charge in [0.2, 0.25) is 0 Å². The van der Waals surface area contributed by atoms with Crippen LogP contribution >= 0.6 is 0 Å². The second kappa shape index (κ2) is 3.58. The quantitative estimate of drug-likeness (QED) is 0.766. The molecule has 1 saturated carbocycles. The standard InChI is InChI=1S/C11H16N2O/c1-9-7-12-6-3-10(9)13-8-11(14)4-2-5-11/h3,6-7,14H,2,4-5,8H2,1H3,(H,12,13). The lowest BCUT2D eigenvalue weighted by Gasteiger charge is -2.37. The fourth-order valence-electron chi connectivity index (χ4n) is 1.69. The second-order valence-electron chi connectivity index (χ2n) is 4.12. The molecule has 0 unspecified atom stereocenters. The molecule has 0 aliphatic heterocycles. The molecule has 1 aromatic heterocycles. The molecule has 14 heavy (non-hydrogen) atoms. The zero-order valence-corrected chi connectivity index (χ0v) is 8.45. The fourth-order valence-corrected chi connectivity index (χ4v) is 1.69. The molecule has 0 spiro atoms. The molecule has 3 heteroatoms.